The van der Waals surface area contributed by atoms with Crippen molar-refractivity contribution in [2.75, 3.05) is 13.1 Å². The van der Waals surface area contributed by atoms with E-state index in [2.05, 4.69) is 10.5 Å². The predicted molar refractivity (Wildman–Crippen MR) is 78.2 cm³/mol. The number of carbonyl (C=O) groups excluding carboxylic acids is 1. The molecule has 1 amide bonds. The molecule has 2 aliphatic rings. The van der Waals surface area contributed by atoms with E-state index in [1.54, 1.807) is 12.1 Å². The molecule has 0 bridgehead atoms. The van der Waals surface area contributed by atoms with Gasteiger partial charge in [-0.3, -0.25) is 10.2 Å². The molecular weight excluding hydrogens is 315 g/mol. The number of hydrazone groups is 1. The largest absolute Gasteiger partial charge is 0.410 e. The lowest BCUT2D eigenvalue weighted by Crippen LogP contribution is -2.36. The normalized spacial score (nSPS) is 22.4. The Morgan fingerprint density at radius 3 is 2.64 bits per heavy atom. The minimum absolute atomic E-state index is 0.0325. The molecule has 0 spiro atoms. The Morgan fingerprint density at radius 2 is 2.00 bits per heavy atom. The lowest BCUT2D eigenvalue weighted by molar-refractivity contribution is -0.151. The predicted octanol–water partition coefficient (Wildman–Crippen LogP) is 3.00. The van der Waals surface area contributed by atoms with E-state index < -0.39 is 12.2 Å². The van der Waals surface area contributed by atoms with Crippen LogP contribution < -0.4 is 5.43 Å². The van der Waals surface area contributed by atoms with Gasteiger partial charge in [0.25, 0.3) is 5.91 Å². The van der Waals surface area contributed by atoms with Crippen LogP contribution in [0.5, 0.6) is 0 Å². The maximum atomic E-state index is 12.6. The number of alkyl halides is 3. The highest BCUT2D eigenvalue weighted by Gasteiger charge is 2.43. The number of piperidine rings is 1. The number of carbonyl (C=O) groups is 1. The van der Waals surface area contributed by atoms with E-state index in [9.17, 15) is 18.0 Å². The first-order valence-electron chi connectivity index (χ1n) is 7.23. The van der Waals surface area contributed by atoms with Crippen LogP contribution in [0.2, 0.25) is 0 Å². The summed E-state index contributed by atoms with van der Waals surface area (Å²) in [4.78, 5) is 15.4. The summed E-state index contributed by atoms with van der Waals surface area (Å²) in [6.07, 6.45) is -1.35. The van der Waals surface area contributed by atoms with Crippen molar-refractivity contribution in [2.45, 2.75) is 37.9 Å². The summed E-state index contributed by atoms with van der Waals surface area (Å²) in [6, 6.07) is 1.73. The van der Waals surface area contributed by atoms with Gasteiger partial charge >= 0.3 is 6.18 Å². The molecule has 1 N–H and O–H groups in total. The molecule has 1 aromatic rings. The summed E-state index contributed by atoms with van der Waals surface area (Å²) in [7, 11) is 0. The fourth-order valence-electron chi connectivity index (χ4n) is 2.65. The van der Waals surface area contributed by atoms with Gasteiger partial charge in [-0.1, -0.05) is 0 Å². The van der Waals surface area contributed by atoms with Crippen LogP contribution in [-0.4, -0.2) is 41.8 Å². The fourth-order valence-corrected chi connectivity index (χ4v) is 3.62. The van der Waals surface area contributed by atoms with Crippen molar-refractivity contribution in [3.05, 3.63) is 21.9 Å². The van der Waals surface area contributed by atoms with Crippen LogP contribution in [0.15, 0.2) is 17.2 Å². The first-order valence-corrected chi connectivity index (χ1v) is 8.05. The van der Waals surface area contributed by atoms with Crippen LogP contribution in [-0.2, 0) is 0 Å². The molecular formula is C14H16F3N3OS. The Morgan fingerprint density at radius 1 is 1.27 bits per heavy atom. The van der Waals surface area contributed by atoms with E-state index in [1.165, 1.54) is 11.3 Å². The Hall–Kier alpha value is -1.57. The Labute approximate surface area is 130 Å². The molecule has 0 aliphatic carbocycles. The van der Waals surface area contributed by atoms with E-state index in [1.807, 2.05) is 4.90 Å². The quantitative estimate of drug-likeness (QED) is 0.905. The highest BCUT2D eigenvalue weighted by Crippen LogP contribution is 2.29. The molecule has 1 aromatic heterocycles. The molecule has 4 nitrogen and oxygen atoms in total. The van der Waals surface area contributed by atoms with Crippen molar-refractivity contribution >= 4 is 23.0 Å². The van der Waals surface area contributed by atoms with Gasteiger partial charge in [-0.15, -0.1) is 11.3 Å². The van der Waals surface area contributed by atoms with Gasteiger partial charge in [-0.05, 0) is 31.4 Å². The lowest BCUT2D eigenvalue weighted by atomic mass is 10.1. The van der Waals surface area contributed by atoms with Crippen molar-refractivity contribution < 1.29 is 18.0 Å². The second kappa shape index (κ2) is 5.91. The van der Waals surface area contributed by atoms with Crippen LogP contribution in [0.4, 0.5) is 13.2 Å². The van der Waals surface area contributed by atoms with Gasteiger partial charge in [0.2, 0.25) is 0 Å². The Kier molecular flexibility index (Phi) is 4.12. The molecule has 1 unspecified atom stereocenters. The molecule has 1 atom stereocenters. The van der Waals surface area contributed by atoms with E-state index in [0.717, 1.165) is 32.4 Å². The number of hydrogen-bond acceptors (Lipinski definition) is 4. The van der Waals surface area contributed by atoms with Gasteiger partial charge in [-0.2, -0.15) is 18.3 Å². The number of rotatable bonds is 2. The van der Waals surface area contributed by atoms with E-state index >= 15 is 0 Å². The molecule has 0 radical (unpaired) electrons. The maximum absolute atomic E-state index is 12.6. The van der Waals surface area contributed by atoms with E-state index in [0.29, 0.717) is 15.5 Å². The summed E-state index contributed by atoms with van der Waals surface area (Å²) in [6.45, 7) is 1.51. The minimum Gasteiger partial charge on any atom is -0.338 e. The second-order valence-electron chi connectivity index (χ2n) is 5.50. The smallest absolute Gasteiger partial charge is 0.338 e. The molecule has 1 saturated heterocycles. The van der Waals surface area contributed by atoms with Gasteiger partial charge in [0, 0.05) is 19.5 Å². The molecule has 1 fully saturated rings. The first-order chi connectivity index (χ1) is 10.4. The van der Waals surface area contributed by atoms with Gasteiger partial charge in [-0.25, -0.2) is 0 Å². The number of nitrogens with one attached hydrogen (secondary N) is 1. The third-order valence-electron chi connectivity index (χ3n) is 3.89. The summed E-state index contributed by atoms with van der Waals surface area (Å²) >= 11 is 1.22. The molecule has 8 heteroatoms. The third kappa shape index (κ3) is 3.11. The average Bonchev–Trinajstić information content (AvgIpc) is 3.15. The summed E-state index contributed by atoms with van der Waals surface area (Å²) in [5.74, 6) is -0.0325. The van der Waals surface area contributed by atoms with E-state index in [4.69, 9.17) is 0 Å². The number of amides is 1. The number of thiophene rings is 1. The maximum Gasteiger partial charge on any atom is 0.410 e. The topological polar surface area (TPSA) is 44.7 Å². The monoisotopic (exact) mass is 331 g/mol. The van der Waals surface area contributed by atoms with Crippen molar-refractivity contribution in [1.82, 2.24) is 10.3 Å². The van der Waals surface area contributed by atoms with Crippen molar-refractivity contribution in [3.8, 4) is 0 Å². The average molecular weight is 331 g/mol. The zero-order valence-corrected chi connectivity index (χ0v) is 12.6. The standard InChI is InChI=1S/C14H16F3N3OS/c15-14(16,17)12-8-9(18-19-12)10-4-5-11(22-10)13(21)20-6-2-1-3-7-20/h4-5,12,19H,1-3,6-8H2. The van der Waals surface area contributed by atoms with Crippen molar-refractivity contribution in [1.29, 1.82) is 0 Å². The molecule has 0 aromatic carbocycles. The molecule has 3 heterocycles. The zero-order chi connectivity index (χ0) is 15.7. The zero-order valence-electron chi connectivity index (χ0n) is 11.8. The highest BCUT2D eigenvalue weighted by molar-refractivity contribution is 7.16. The highest BCUT2D eigenvalue weighted by atomic mass is 32.1. The first kappa shape index (κ1) is 15.3. The SMILES string of the molecule is O=C(c1ccc(C2=NNC(C(F)(F)F)C2)s1)N1CCCCC1. The molecule has 120 valence electrons. The molecule has 2 aliphatic heterocycles. The van der Waals surface area contributed by atoms with Crippen LogP contribution >= 0.6 is 11.3 Å². The van der Waals surface area contributed by atoms with Crippen LogP contribution in [0.3, 0.4) is 0 Å². The van der Waals surface area contributed by atoms with Gasteiger partial charge in [0.1, 0.15) is 6.04 Å². The van der Waals surface area contributed by atoms with Crippen LogP contribution in [0.1, 0.15) is 40.2 Å². The van der Waals surface area contributed by atoms with Crippen LogP contribution in [0, 0.1) is 0 Å². The number of likely N-dealkylation sites (tertiary alicyclic amines) is 1. The van der Waals surface area contributed by atoms with E-state index in [-0.39, 0.29) is 12.3 Å². The van der Waals surface area contributed by atoms with Crippen molar-refractivity contribution in [3.63, 3.8) is 0 Å². The third-order valence-corrected chi connectivity index (χ3v) is 5.01. The summed E-state index contributed by atoms with van der Waals surface area (Å²) in [5, 5.41) is 3.77. The number of nitrogens with zero attached hydrogens (tertiary/aromatic N) is 2. The Balaban J connectivity index is 1.68. The molecule has 3 rings (SSSR count). The Bertz CT molecular complexity index is 590. The summed E-state index contributed by atoms with van der Waals surface area (Å²) in [5.41, 5.74) is 2.49. The number of hydrogen-bond donors (Lipinski definition) is 1. The molecule has 0 saturated carbocycles. The van der Waals surface area contributed by atoms with Crippen molar-refractivity contribution in [2.24, 2.45) is 5.10 Å². The van der Waals surface area contributed by atoms with Gasteiger partial charge in [0.05, 0.1) is 15.5 Å². The van der Waals surface area contributed by atoms with Gasteiger partial charge in [0.15, 0.2) is 0 Å². The van der Waals surface area contributed by atoms with Crippen LogP contribution in [0.25, 0.3) is 0 Å². The van der Waals surface area contributed by atoms with Gasteiger partial charge < -0.3 is 4.90 Å². The number of halogens is 3. The lowest BCUT2D eigenvalue weighted by Gasteiger charge is -2.26. The second-order valence-corrected chi connectivity index (χ2v) is 6.59. The minimum atomic E-state index is -4.31. The summed E-state index contributed by atoms with van der Waals surface area (Å²) < 4.78 is 37.9. The molecule has 22 heavy (non-hydrogen) atoms. The fraction of sp³-hybridized carbons (Fsp3) is 0.571.